The molecule has 2 heterocycles. The zero-order valence-corrected chi connectivity index (χ0v) is 19.7. The largest absolute Gasteiger partial charge is 0.374 e. The average Bonchev–Trinajstić information content (AvgIpc) is 3.16. The van der Waals surface area contributed by atoms with E-state index in [9.17, 15) is 8.42 Å². The van der Waals surface area contributed by atoms with Crippen molar-refractivity contribution >= 4 is 21.4 Å². The minimum absolute atomic E-state index is 0.0755. The Balaban J connectivity index is 1.45. The van der Waals surface area contributed by atoms with E-state index in [1.165, 1.54) is 11.8 Å². The molecule has 4 rings (SSSR count). The van der Waals surface area contributed by atoms with Crippen molar-refractivity contribution in [1.82, 2.24) is 19.9 Å². The zero-order valence-electron chi connectivity index (χ0n) is 18.2. The standard InChI is InChI=1S/C22H31ClN4O3S/c1-26-13-22(24-25-26)17-5-9-19(10-6-17)27-12-21(15-31(2,28)29)30-14-20(27)11-16-3-7-18(23)8-4-16/h3-4,7-8,13,17,19-21H,5-6,9-12,14-15H2,1-2H3/t17?,19?,20-,21+/m0/s1. The highest BCUT2D eigenvalue weighted by atomic mass is 35.5. The Morgan fingerprint density at radius 2 is 1.87 bits per heavy atom. The van der Waals surface area contributed by atoms with Gasteiger partial charge in [-0.05, 0) is 49.8 Å². The first-order valence-electron chi connectivity index (χ1n) is 10.9. The fourth-order valence-corrected chi connectivity index (χ4v) is 5.99. The van der Waals surface area contributed by atoms with Crippen LogP contribution in [0.4, 0.5) is 0 Å². The molecule has 2 fully saturated rings. The summed E-state index contributed by atoms with van der Waals surface area (Å²) in [6.07, 6.45) is 8.20. The molecule has 1 aliphatic carbocycles. The minimum atomic E-state index is -3.09. The molecule has 0 unspecified atom stereocenters. The molecule has 2 atom stereocenters. The van der Waals surface area contributed by atoms with E-state index in [1.54, 1.807) is 4.68 Å². The number of hydrogen-bond acceptors (Lipinski definition) is 6. The second-order valence-electron chi connectivity index (χ2n) is 9.05. The third-order valence-corrected chi connectivity index (χ3v) is 7.71. The van der Waals surface area contributed by atoms with Crippen molar-refractivity contribution in [2.24, 2.45) is 7.05 Å². The summed E-state index contributed by atoms with van der Waals surface area (Å²) < 4.78 is 31.5. The number of ether oxygens (including phenoxy) is 1. The van der Waals surface area contributed by atoms with E-state index >= 15 is 0 Å². The molecular weight excluding hydrogens is 436 g/mol. The summed E-state index contributed by atoms with van der Waals surface area (Å²) in [5.74, 6) is 0.527. The first kappa shape index (κ1) is 22.7. The number of nitrogens with zero attached hydrogens (tertiary/aromatic N) is 4. The lowest BCUT2D eigenvalue weighted by Gasteiger charge is -2.46. The maximum Gasteiger partial charge on any atom is 0.150 e. The number of aromatic nitrogens is 3. The third kappa shape index (κ3) is 6.06. The summed E-state index contributed by atoms with van der Waals surface area (Å²) in [5, 5.41) is 9.12. The van der Waals surface area contributed by atoms with Crippen molar-refractivity contribution in [2.45, 2.75) is 56.2 Å². The molecule has 31 heavy (non-hydrogen) atoms. The molecule has 0 amide bonds. The summed E-state index contributed by atoms with van der Waals surface area (Å²) in [6.45, 7) is 1.21. The molecule has 2 aromatic rings. The molecule has 0 bridgehead atoms. The van der Waals surface area contributed by atoms with Gasteiger partial charge in [0.2, 0.25) is 0 Å². The predicted octanol–water partition coefficient (Wildman–Crippen LogP) is 2.85. The van der Waals surface area contributed by atoms with E-state index in [0.29, 0.717) is 25.1 Å². The van der Waals surface area contributed by atoms with Gasteiger partial charge in [0.1, 0.15) is 9.84 Å². The quantitative estimate of drug-likeness (QED) is 0.651. The Labute approximate surface area is 189 Å². The van der Waals surface area contributed by atoms with Crippen LogP contribution in [-0.4, -0.2) is 71.7 Å². The molecule has 0 radical (unpaired) electrons. The summed E-state index contributed by atoms with van der Waals surface area (Å²) >= 11 is 6.05. The number of morpholine rings is 1. The van der Waals surface area contributed by atoms with E-state index < -0.39 is 9.84 Å². The van der Waals surface area contributed by atoms with Crippen molar-refractivity contribution < 1.29 is 13.2 Å². The van der Waals surface area contributed by atoms with Crippen LogP contribution >= 0.6 is 11.6 Å². The van der Waals surface area contributed by atoms with Crippen LogP contribution in [0.2, 0.25) is 5.02 Å². The SMILES string of the molecule is Cn1cc(C2CCC(N3C[C@H](CS(C)(=O)=O)OC[C@@H]3Cc3ccc(Cl)cc3)CC2)nn1. The van der Waals surface area contributed by atoms with Gasteiger partial charge in [0.25, 0.3) is 0 Å². The highest BCUT2D eigenvalue weighted by molar-refractivity contribution is 7.90. The van der Waals surface area contributed by atoms with Gasteiger partial charge in [-0.25, -0.2) is 8.42 Å². The molecule has 1 saturated carbocycles. The Kier molecular flexibility index (Phi) is 7.01. The van der Waals surface area contributed by atoms with Crippen LogP contribution in [0.25, 0.3) is 0 Å². The Morgan fingerprint density at radius 1 is 1.16 bits per heavy atom. The fourth-order valence-electron chi connectivity index (χ4n) is 4.99. The third-order valence-electron chi connectivity index (χ3n) is 6.49. The molecule has 1 saturated heterocycles. The molecule has 1 aromatic heterocycles. The van der Waals surface area contributed by atoms with Gasteiger partial charge in [-0.1, -0.05) is 28.9 Å². The lowest BCUT2D eigenvalue weighted by atomic mass is 9.82. The molecule has 0 spiro atoms. The van der Waals surface area contributed by atoms with E-state index in [-0.39, 0.29) is 17.9 Å². The molecule has 1 aromatic carbocycles. The van der Waals surface area contributed by atoms with Crippen LogP contribution in [0.3, 0.4) is 0 Å². The maximum atomic E-state index is 11.9. The number of rotatable bonds is 6. The van der Waals surface area contributed by atoms with Crippen molar-refractivity contribution in [3.63, 3.8) is 0 Å². The smallest absolute Gasteiger partial charge is 0.150 e. The molecule has 0 N–H and O–H groups in total. The van der Waals surface area contributed by atoms with Crippen LogP contribution in [0.5, 0.6) is 0 Å². The molecule has 9 heteroatoms. The van der Waals surface area contributed by atoms with E-state index in [1.807, 2.05) is 25.4 Å². The van der Waals surface area contributed by atoms with Crippen LogP contribution in [-0.2, 0) is 28.0 Å². The van der Waals surface area contributed by atoms with Gasteiger partial charge in [0.05, 0.1) is 24.2 Å². The van der Waals surface area contributed by atoms with Gasteiger partial charge in [-0.15, -0.1) is 5.10 Å². The Morgan fingerprint density at radius 3 is 2.48 bits per heavy atom. The summed E-state index contributed by atoms with van der Waals surface area (Å²) in [7, 11) is -1.18. The first-order valence-corrected chi connectivity index (χ1v) is 13.4. The van der Waals surface area contributed by atoms with Crippen molar-refractivity contribution in [1.29, 1.82) is 0 Å². The van der Waals surface area contributed by atoms with Crippen LogP contribution < -0.4 is 0 Å². The Hall–Kier alpha value is -1.48. The van der Waals surface area contributed by atoms with Gasteiger partial charge in [-0.2, -0.15) is 0 Å². The molecule has 1 aliphatic heterocycles. The second kappa shape index (κ2) is 9.57. The van der Waals surface area contributed by atoms with Gasteiger partial charge < -0.3 is 4.74 Å². The summed E-state index contributed by atoms with van der Waals surface area (Å²) in [5.41, 5.74) is 2.30. The lowest BCUT2D eigenvalue weighted by Crippen LogP contribution is -2.56. The Bertz CT molecular complexity index is 971. The zero-order chi connectivity index (χ0) is 22.0. The normalized spacial score (nSPS) is 28.0. The number of hydrogen-bond donors (Lipinski definition) is 0. The highest BCUT2D eigenvalue weighted by Crippen LogP contribution is 2.35. The first-order chi connectivity index (χ1) is 14.8. The van der Waals surface area contributed by atoms with Crippen LogP contribution in [0.15, 0.2) is 30.5 Å². The van der Waals surface area contributed by atoms with Crippen LogP contribution in [0.1, 0.15) is 42.9 Å². The van der Waals surface area contributed by atoms with Crippen molar-refractivity contribution in [3.05, 3.63) is 46.7 Å². The van der Waals surface area contributed by atoms with Gasteiger partial charge >= 0.3 is 0 Å². The molecule has 7 nitrogen and oxygen atoms in total. The number of aryl methyl sites for hydroxylation is 1. The lowest BCUT2D eigenvalue weighted by molar-refractivity contribution is -0.0755. The average molecular weight is 467 g/mol. The molecular formula is C22H31ClN4O3S. The number of benzene rings is 1. The van der Waals surface area contributed by atoms with Gasteiger partial charge in [0.15, 0.2) is 0 Å². The van der Waals surface area contributed by atoms with Crippen molar-refractivity contribution in [2.75, 3.05) is 25.2 Å². The van der Waals surface area contributed by atoms with E-state index in [0.717, 1.165) is 42.8 Å². The van der Waals surface area contributed by atoms with Crippen molar-refractivity contribution in [3.8, 4) is 0 Å². The fraction of sp³-hybridized carbons (Fsp3) is 0.636. The topological polar surface area (TPSA) is 77.3 Å². The summed E-state index contributed by atoms with van der Waals surface area (Å²) in [4.78, 5) is 2.51. The monoisotopic (exact) mass is 466 g/mol. The number of halogens is 1. The van der Waals surface area contributed by atoms with Crippen LogP contribution in [0, 0.1) is 0 Å². The maximum absolute atomic E-state index is 11.9. The van der Waals surface area contributed by atoms with E-state index in [2.05, 4.69) is 27.3 Å². The molecule has 2 aliphatic rings. The predicted molar refractivity (Wildman–Crippen MR) is 121 cm³/mol. The van der Waals surface area contributed by atoms with E-state index in [4.69, 9.17) is 16.3 Å². The number of sulfone groups is 1. The highest BCUT2D eigenvalue weighted by Gasteiger charge is 2.37. The van der Waals surface area contributed by atoms with Gasteiger partial charge in [0, 0.05) is 49.1 Å². The summed E-state index contributed by atoms with van der Waals surface area (Å²) in [6, 6.07) is 8.63. The minimum Gasteiger partial charge on any atom is -0.374 e. The second-order valence-corrected chi connectivity index (χ2v) is 11.7. The van der Waals surface area contributed by atoms with Gasteiger partial charge in [-0.3, -0.25) is 9.58 Å². The molecule has 170 valence electrons.